The van der Waals surface area contributed by atoms with Gasteiger partial charge in [-0.15, -0.1) is 0 Å². The molecule has 2 unspecified atom stereocenters. The number of benzene rings is 3. The summed E-state index contributed by atoms with van der Waals surface area (Å²) in [4.78, 5) is 41.5. The first-order valence-corrected chi connectivity index (χ1v) is 13.8. The third kappa shape index (κ3) is 6.28. The van der Waals surface area contributed by atoms with E-state index in [9.17, 15) is 14.4 Å². The van der Waals surface area contributed by atoms with Crippen molar-refractivity contribution in [2.75, 3.05) is 16.8 Å². The summed E-state index contributed by atoms with van der Waals surface area (Å²) in [6, 6.07) is 20.9. The van der Waals surface area contributed by atoms with Gasteiger partial charge in [-0.25, -0.2) is 0 Å². The molecule has 1 fully saturated rings. The van der Waals surface area contributed by atoms with Crippen molar-refractivity contribution >= 4 is 29.1 Å². The third-order valence-corrected chi connectivity index (χ3v) is 7.34. The Labute approximate surface area is 234 Å². The standard InChI is InChI=1S/C32H35N3O5/c1-21-12-14-23(15-13-21)30(31(37)34-24-8-4-3-5-9-24)35(26-18-16-25(17-19-26)33-22(2)36)32(38)29-20-39-27-10-6-7-11-28(27)40-29/h6-7,10-19,24,29-30H,3-5,8-9,20H2,1-2H3,(H,33,36)(H,34,37). The zero-order valence-electron chi connectivity index (χ0n) is 22.9. The Morgan fingerprint density at radius 1 is 0.875 bits per heavy atom. The molecule has 40 heavy (non-hydrogen) atoms. The number of anilines is 2. The van der Waals surface area contributed by atoms with Crippen LogP contribution in [0.2, 0.25) is 0 Å². The van der Waals surface area contributed by atoms with Crippen molar-refractivity contribution in [3.63, 3.8) is 0 Å². The maximum atomic E-state index is 14.3. The van der Waals surface area contributed by atoms with E-state index in [4.69, 9.17) is 9.47 Å². The smallest absolute Gasteiger partial charge is 0.272 e. The molecule has 2 aliphatic rings. The van der Waals surface area contributed by atoms with Gasteiger partial charge in [-0.05, 0) is 61.7 Å². The van der Waals surface area contributed by atoms with Crippen LogP contribution in [0.4, 0.5) is 11.4 Å². The predicted octanol–water partition coefficient (Wildman–Crippen LogP) is 5.32. The van der Waals surface area contributed by atoms with Gasteiger partial charge in [0.2, 0.25) is 17.9 Å². The molecule has 8 heteroatoms. The summed E-state index contributed by atoms with van der Waals surface area (Å²) in [5.74, 6) is 0.212. The van der Waals surface area contributed by atoms with Crippen molar-refractivity contribution < 1.29 is 23.9 Å². The van der Waals surface area contributed by atoms with Gasteiger partial charge in [0.25, 0.3) is 5.91 Å². The second-order valence-electron chi connectivity index (χ2n) is 10.5. The SMILES string of the molecule is CC(=O)Nc1ccc(N(C(=O)C2COc3ccccc3O2)C(C(=O)NC2CCCCC2)c2ccc(C)cc2)cc1. The van der Waals surface area contributed by atoms with E-state index in [1.807, 2.05) is 43.3 Å². The van der Waals surface area contributed by atoms with Gasteiger partial charge >= 0.3 is 0 Å². The van der Waals surface area contributed by atoms with Crippen LogP contribution >= 0.6 is 0 Å². The Kier molecular flexibility index (Phi) is 8.34. The van der Waals surface area contributed by atoms with Crippen LogP contribution in [-0.4, -0.2) is 36.5 Å². The van der Waals surface area contributed by atoms with Crippen molar-refractivity contribution in [1.29, 1.82) is 0 Å². The van der Waals surface area contributed by atoms with E-state index in [2.05, 4.69) is 10.6 Å². The number of carbonyl (C=O) groups excluding carboxylic acids is 3. The maximum Gasteiger partial charge on any atom is 0.272 e. The van der Waals surface area contributed by atoms with E-state index >= 15 is 0 Å². The molecule has 1 heterocycles. The van der Waals surface area contributed by atoms with Gasteiger partial charge in [0, 0.05) is 24.3 Å². The highest BCUT2D eigenvalue weighted by atomic mass is 16.6. The zero-order chi connectivity index (χ0) is 28.1. The lowest BCUT2D eigenvalue weighted by atomic mass is 9.94. The molecule has 2 N–H and O–H groups in total. The molecule has 208 valence electrons. The minimum Gasteiger partial charge on any atom is -0.485 e. The fourth-order valence-electron chi connectivity index (χ4n) is 5.30. The predicted molar refractivity (Wildman–Crippen MR) is 154 cm³/mol. The van der Waals surface area contributed by atoms with Crippen molar-refractivity contribution in [2.45, 2.75) is 64.1 Å². The number of aryl methyl sites for hydroxylation is 1. The average molecular weight is 542 g/mol. The number of rotatable bonds is 7. The largest absolute Gasteiger partial charge is 0.485 e. The van der Waals surface area contributed by atoms with E-state index in [0.29, 0.717) is 28.4 Å². The molecule has 3 amide bonds. The molecule has 0 bridgehead atoms. The summed E-state index contributed by atoms with van der Waals surface area (Å²) in [6.07, 6.45) is 4.18. The van der Waals surface area contributed by atoms with Crippen molar-refractivity contribution in [3.8, 4) is 11.5 Å². The zero-order valence-corrected chi connectivity index (χ0v) is 22.9. The van der Waals surface area contributed by atoms with E-state index < -0.39 is 18.1 Å². The number of nitrogens with one attached hydrogen (secondary N) is 2. The summed E-state index contributed by atoms with van der Waals surface area (Å²) < 4.78 is 12.0. The van der Waals surface area contributed by atoms with E-state index in [1.165, 1.54) is 18.2 Å². The fourth-order valence-corrected chi connectivity index (χ4v) is 5.30. The summed E-state index contributed by atoms with van der Waals surface area (Å²) in [6.45, 7) is 3.43. The quantitative estimate of drug-likeness (QED) is 0.422. The van der Waals surface area contributed by atoms with Gasteiger partial charge in [-0.3, -0.25) is 19.3 Å². The summed E-state index contributed by atoms with van der Waals surface area (Å²) in [7, 11) is 0. The highest BCUT2D eigenvalue weighted by Crippen LogP contribution is 2.35. The van der Waals surface area contributed by atoms with Gasteiger partial charge in [0.05, 0.1) is 0 Å². The summed E-state index contributed by atoms with van der Waals surface area (Å²) in [5, 5.41) is 5.98. The van der Waals surface area contributed by atoms with Gasteiger partial charge in [0.15, 0.2) is 11.5 Å². The molecule has 0 radical (unpaired) electrons. The first-order chi connectivity index (χ1) is 19.4. The number of carbonyl (C=O) groups is 3. The molecule has 0 saturated heterocycles. The van der Waals surface area contributed by atoms with E-state index in [0.717, 1.165) is 31.2 Å². The van der Waals surface area contributed by atoms with Crippen LogP contribution in [0.15, 0.2) is 72.8 Å². The fraction of sp³-hybridized carbons (Fsp3) is 0.344. The number of amides is 3. The number of fused-ring (bicyclic) bond motifs is 1. The maximum absolute atomic E-state index is 14.3. The molecule has 1 aliphatic carbocycles. The van der Waals surface area contributed by atoms with Gasteiger partial charge in [0.1, 0.15) is 12.6 Å². The van der Waals surface area contributed by atoms with Crippen LogP contribution in [0.25, 0.3) is 0 Å². The number of para-hydroxylation sites is 2. The lowest BCUT2D eigenvalue weighted by Gasteiger charge is -2.36. The average Bonchev–Trinajstić information content (AvgIpc) is 2.96. The Balaban J connectivity index is 1.54. The molecule has 5 rings (SSSR count). The van der Waals surface area contributed by atoms with Crippen LogP contribution in [0.5, 0.6) is 11.5 Å². The van der Waals surface area contributed by atoms with Crippen LogP contribution in [0.3, 0.4) is 0 Å². The summed E-state index contributed by atoms with van der Waals surface area (Å²) in [5.41, 5.74) is 2.84. The second-order valence-corrected chi connectivity index (χ2v) is 10.5. The molecule has 3 aromatic carbocycles. The summed E-state index contributed by atoms with van der Waals surface area (Å²) >= 11 is 0. The molecule has 8 nitrogen and oxygen atoms in total. The Morgan fingerprint density at radius 2 is 1.55 bits per heavy atom. The molecular weight excluding hydrogens is 506 g/mol. The lowest BCUT2D eigenvalue weighted by Crippen LogP contribution is -2.52. The normalized spacial score (nSPS) is 17.4. The molecule has 0 aromatic heterocycles. The van der Waals surface area contributed by atoms with Gasteiger partial charge in [-0.1, -0.05) is 61.2 Å². The van der Waals surface area contributed by atoms with E-state index in [-0.39, 0.29) is 24.5 Å². The first kappa shape index (κ1) is 27.2. The van der Waals surface area contributed by atoms with E-state index in [1.54, 1.807) is 36.4 Å². The van der Waals surface area contributed by atoms with Crippen molar-refractivity contribution in [3.05, 3.63) is 83.9 Å². The van der Waals surface area contributed by atoms with Crippen LogP contribution < -0.4 is 25.0 Å². The number of hydrogen-bond donors (Lipinski definition) is 2. The highest BCUT2D eigenvalue weighted by molar-refractivity contribution is 6.04. The van der Waals surface area contributed by atoms with Crippen LogP contribution in [0, 0.1) is 6.92 Å². The number of nitrogens with zero attached hydrogens (tertiary/aromatic N) is 1. The lowest BCUT2D eigenvalue weighted by molar-refractivity contribution is -0.132. The highest BCUT2D eigenvalue weighted by Gasteiger charge is 2.39. The van der Waals surface area contributed by atoms with Crippen LogP contribution in [-0.2, 0) is 14.4 Å². The van der Waals surface area contributed by atoms with Gasteiger partial charge < -0.3 is 20.1 Å². The second kappa shape index (κ2) is 12.2. The molecule has 0 spiro atoms. The van der Waals surface area contributed by atoms with Crippen molar-refractivity contribution in [1.82, 2.24) is 5.32 Å². The number of ether oxygens (including phenoxy) is 2. The Morgan fingerprint density at radius 3 is 2.23 bits per heavy atom. The topological polar surface area (TPSA) is 97.0 Å². The molecule has 2 atom stereocenters. The van der Waals surface area contributed by atoms with Crippen LogP contribution in [0.1, 0.15) is 56.2 Å². The Bertz CT molecular complexity index is 1350. The Hall–Kier alpha value is -4.33. The molecule has 3 aromatic rings. The molecular formula is C32H35N3O5. The third-order valence-electron chi connectivity index (χ3n) is 7.34. The minimum absolute atomic E-state index is 0.0151. The molecule has 1 saturated carbocycles. The van der Waals surface area contributed by atoms with Gasteiger partial charge in [-0.2, -0.15) is 0 Å². The monoisotopic (exact) mass is 541 g/mol. The van der Waals surface area contributed by atoms with Crippen molar-refractivity contribution in [2.24, 2.45) is 0 Å². The number of hydrogen-bond acceptors (Lipinski definition) is 5. The molecule has 1 aliphatic heterocycles. The first-order valence-electron chi connectivity index (χ1n) is 13.8. The minimum atomic E-state index is -0.958.